The van der Waals surface area contributed by atoms with Crippen molar-refractivity contribution in [3.8, 4) is 0 Å². The number of hydrogen-bond donors (Lipinski definition) is 1. The first kappa shape index (κ1) is 21.1. The van der Waals surface area contributed by atoms with E-state index >= 15 is 0 Å². The maximum absolute atomic E-state index is 10.8. The topological polar surface area (TPSA) is 44.5 Å². The Morgan fingerprint density at radius 1 is 1.26 bits per heavy atom. The van der Waals surface area contributed by atoms with Crippen molar-refractivity contribution in [1.82, 2.24) is 12.3 Å². The SMILES string of the molecule is CN(c1ccc(Cl)cc1)C(O)C1CCN(CCCCc2c[n]([Tl])cn2)CC1. The fourth-order valence-electron chi connectivity index (χ4n) is 3.77. The molecule has 5 nitrogen and oxygen atoms in total. The van der Waals surface area contributed by atoms with Crippen molar-refractivity contribution >= 4 is 43.4 Å². The van der Waals surface area contributed by atoms with Gasteiger partial charge in [-0.1, -0.05) is 11.6 Å². The van der Waals surface area contributed by atoms with Crippen molar-refractivity contribution in [3.63, 3.8) is 0 Å². The quantitative estimate of drug-likeness (QED) is 0.297. The van der Waals surface area contributed by atoms with Crippen molar-refractivity contribution in [2.24, 2.45) is 5.92 Å². The average Bonchev–Trinajstić information content (AvgIpc) is 3.10. The maximum atomic E-state index is 10.8. The van der Waals surface area contributed by atoms with Gasteiger partial charge in [-0.05, 0) is 24.3 Å². The van der Waals surface area contributed by atoms with E-state index < -0.39 is 6.23 Å². The van der Waals surface area contributed by atoms with Crippen molar-refractivity contribution in [1.29, 1.82) is 0 Å². The van der Waals surface area contributed by atoms with E-state index in [4.69, 9.17) is 11.6 Å². The number of anilines is 1. The normalized spacial score (nSPS) is 17.1. The van der Waals surface area contributed by atoms with Gasteiger partial charge in [-0.25, -0.2) is 0 Å². The zero-order valence-electron chi connectivity index (χ0n) is 16.0. The standard InChI is InChI=1S/C20H28ClN4O.Tl/c1-24(19-7-5-17(21)6-8-19)20(26)16-9-12-25(13-10-16)11-3-2-4-18-14-22-15-23-18;/h5-8,14-16,20,26H,2-4,9-13H2,1H3;/q-1;+1. The number of piperidine rings is 1. The fraction of sp³-hybridized carbons (Fsp3) is 0.550. The number of unbranched alkanes of at least 4 members (excludes halogenated alkanes) is 1. The number of aryl methyl sites for hydroxylation is 1. The van der Waals surface area contributed by atoms with Crippen molar-refractivity contribution in [3.05, 3.63) is 47.5 Å². The molecule has 1 aromatic carbocycles. The summed E-state index contributed by atoms with van der Waals surface area (Å²) in [7, 11) is 1.96. The molecular formula is C20H28ClN4OTl. The van der Waals surface area contributed by atoms with Gasteiger partial charge in [0.1, 0.15) is 0 Å². The third-order valence-electron chi connectivity index (χ3n) is 5.50. The Labute approximate surface area is 183 Å². The van der Waals surface area contributed by atoms with E-state index in [-0.39, 0.29) is 0 Å². The summed E-state index contributed by atoms with van der Waals surface area (Å²) in [4.78, 5) is 8.93. The summed E-state index contributed by atoms with van der Waals surface area (Å²) < 4.78 is 2.17. The van der Waals surface area contributed by atoms with Gasteiger partial charge in [-0.15, -0.1) is 0 Å². The second-order valence-electron chi connectivity index (χ2n) is 7.45. The number of benzene rings is 1. The molecule has 1 aromatic heterocycles. The second-order valence-corrected chi connectivity index (χ2v) is 10.2. The Morgan fingerprint density at radius 2 is 1.96 bits per heavy atom. The van der Waals surface area contributed by atoms with Gasteiger partial charge in [0.05, 0.1) is 0 Å². The number of aliphatic hydroxyl groups is 1. The number of halogens is 1. The third kappa shape index (κ3) is 6.17. The van der Waals surface area contributed by atoms with Gasteiger partial charge in [0.25, 0.3) is 0 Å². The second kappa shape index (κ2) is 10.2. The van der Waals surface area contributed by atoms with Crippen LogP contribution in [-0.4, -0.2) is 76.3 Å². The summed E-state index contributed by atoms with van der Waals surface area (Å²) >= 11 is 6.77. The number of likely N-dealkylation sites (tertiary alicyclic amines) is 1. The van der Waals surface area contributed by atoms with Gasteiger partial charge in [0, 0.05) is 17.8 Å². The summed E-state index contributed by atoms with van der Waals surface area (Å²) in [5, 5.41) is 11.5. The van der Waals surface area contributed by atoms with Crippen LogP contribution in [-0.2, 0) is 6.42 Å². The van der Waals surface area contributed by atoms with E-state index in [0.717, 1.165) is 75.7 Å². The fourth-order valence-corrected chi connectivity index (χ4v) is 4.82. The molecule has 3 rings (SSSR count). The summed E-state index contributed by atoms with van der Waals surface area (Å²) in [6.45, 7) is 3.30. The van der Waals surface area contributed by atoms with Crippen molar-refractivity contribution in [2.45, 2.75) is 38.3 Å². The molecule has 1 aliphatic rings. The molecule has 0 saturated carbocycles. The van der Waals surface area contributed by atoms with Crippen molar-refractivity contribution < 1.29 is 5.11 Å². The van der Waals surface area contributed by atoms with E-state index in [1.807, 2.05) is 42.5 Å². The van der Waals surface area contributed by atoms with Crippen LogP contribution in [0.2, 0.25) is 5.02 Å². The van der Waals surface area contributed by atoms with Crippen molar-refractivity contribution in [2.75, 3.05) is 31.6 Å². The van der Waals surface area contributed by atoms with E-state index in [9.17, 15) is 5.11 Å². The molecule has 1 aliphatic heterocycles. The van der Waals surface area contributed by atoms with Gasteiger partial charge < -0.3 is 10.0 Å². The van der Waals surface area contributed by atoms with E-state index in [1.165, 1.54) is 18.5 Å². The Bertz CT molecular complexity index is 700. The minimum atomic E-state index is -0.443. The van der Waals surface area contributed by atoms with Crippen LogP contribution in [0.15, 0.2) is 36.8 Å². The molecule has 2 aromatic rings. The molecule has 1 unspecified atom stereocenters. The van der Waals surface area contributed by atoms with Crippen LogP contribution in [0.1, 0.15) is 31.4 Å². The molecule has 1 atom stereocenters. The van der Waals surface area contributed by atoms with Crippen LogP contribution in [0.3, 0.4) is 0 Å². The van der Waals surface area contributed by atoms with Crippen LogP contribution in [0.5, 0.6) is 0 Å². The first-order valence-corrected chi connectivity index (χ1v) is 12.1. The Hall–Kier alpha value is -0.638. The number of aliphatic hydroxyl groups excluding tert-OH is 1. The molecule has 2 heterocycles. The minimum absolute atomic E-state index is 0.320. The van der Waals surface area contributed by atoms with Gasteiger partial charge in [0.2, 0.25) is 0 Å². The molecule has 1 saturated heterocycles. The zero-order valence-corrected chi connectivity index (χ0v) is 21.2. The van der Waals surface area contributed by atoms with E-state index in [1.54, 1.807) is 0 Å². The zero-order chi connectivity index (χ0) is 19.2. The molecule has 27 heavy (non-hydrogen) atoms. The molecule has 144 valence electrons. The van der Waals surface area contributed by atoms with Gasteiger partial charge >= 0.3 is 120 Å². The third-order valence-corrected chi connectivity index (χ3v) is 6.85. The molecule has 0 amide bonds. The molecular weight excluding hydrogens is 552 g/mol. The van der Waals surface area contributed by atoms with Crippen LogP contribution in [0.4, 0.5) is 5.69 Å². The van der Waals surface area contributed by atoms with Crippen LogP contribution < -0.4 is 4.90 Å². The molecule has 0 radical (unpaired) electrons. The van der Waals surface area contributed by atoms with Crippen LogP contribution >= 0.6 is 11.6 Å². The Morgan fingerprint density at radius 3 is 2.59 bits per heavy atom. The summed E-state index contributed by atoms with van der Waals surface area (Å²) in [5.74, 6) is 0.320. The Kier molecular flexibility index (Phi) is 7.99. The monoisotopic (exact) mass is 580 g/mol. The molecule has 0 aliphatic carbocycles. The number of aromatic nitrogens is 2. The molecule has 0 spiro atoms. The number of rotatable bonds is 8. The van der Waals surface area contributed by atoms with Gasteiger partial charge in [-0.3, -0.25) is 0 Å². The first-order valence-electron chi connectivity index (χ1n) is 9.69. The summed E-state index contributed by atoms with van der Waals surface area (Å²) in [6.07, 6.45) is 9.27. The van der Waals surface area contributed by atoms with Gasteiger partial charge in [0.15, 0.2) is 0 Å². The molecule has 0 bridgehead atoms. The average molecular weight is 580 g/mol. The van der Waals surface area contributed by atoms with E-state index in [0.29, 0.717) is 5.92 Å². The van der Waals surface area contributed by atoms with Crippen LogP contribution in [0, 0.1) is 5.92 Å². The van der Waals surface area contributed by atoms with Crippen LogP contribution in [0.25, 0.3) is 0 Å². The molecule has 7 heteroatoms. The molecule has 1 fully saturated rings. The summed E-state index contributed by atoms with van der Waals surface area (Å²) in [6, 6.07) is 7.67. The van der Waals surface area contributed by atoms with Gasteiger partial charge in [-0.2, -0.15) is 0 Å². The molecule has 1 N–H and O–H groups in total. The number of nitrogens with zero attached hydrogens (tertiary/aromatic N) is 4. The summed E-state index contributed by atoms with van der Waals surface area (Å²) in [5.41, 5.74) is 2.23. The predicted molar refractivity (Wildman–Crippen MR) is 111 cm³/mol. The first-order chi connectivity index (χ1) is 13.0. The number of hydrogen-bond acceptors (Lipinski definition) is 4. The van der Waals surface area contributed by atoms with E-state index in [2.05, 4.69) is 18.5 Å². The number of imidazole rings is 1. The Balaban J connectivity index is 1.37. The predicted octanol–water partition coefficient (Wildman–Crippen LogP) is 2.96.